The van der Waals surface area contributed by atoms with Gasteiger partial charge in [0, 0.05) is 37.7 Å². The number of nitrogens with one attached hydrogen (secondary N) is 1. The second-order valence-electron chi connectivity index (χ2n) is 6.45. The first kappa shape index (κ1) is 15.2. The first-order valence-electron chi connectivity index (χ1n) is 7.84. The van der Waals surface area contributed by atoms with Gasteiger partial charge >= 0.3 is 0 Å². The summed E-state index contributed by atoms with van der Waals surface area (Å²) in [5.74, 6) is 0. The molecule has 0 aliphatic carbocycles. The van der Waals surface area contributed by atoms with Gasteiger partial charge < -0.3 is 15.0 Å². The highest BCUT2D eigenvalue weighted by Gasteiger charge is 2.36. The lowest BCUT2D eigenvalue weighted by atomic mass is 9.86. The maximum Gasteiger partial charge on any atom is 0.0547 e. The van der Waals surface area contributed by atoms with Gasteiger partial charge in [0.1, 0.15) is 0 Å². The van der Waals surface area contributed by atoms with Crippen LogP contribution in [0, 0.1) is 5.41 Å². The molecule has 2 atom stereocenters. The predicted octanol–water partition coefficient (Wildman–Crippen LogP) is 1.03. The van der Waals surface area contributed by atoms with Gasteiger partial charge in [0.2, 0.25) is 0 Å². The molecule has 4 heteroatoms. The summed E-state index contributed by atoms with van der Waals surface area (Å²) in [6.45, 7) is 10.1. The minimum absolute atomic E-state index is 0.332. The van der Waals surface area contributed by atoms with Crippen LogP contribution in [0.15, 0.2) is 0 Å². The fourth-order valence-electron chi connectivity index (χ4n) is 3.86. The molecule has 0 bridgehead atoms. The lowest BCUT2D eigenvalue weighted by Gasteiger charge is -2.35. The van der Waals surface area contributed by atoms with E-state index in [0.29, 0.717) is 5.41 Å². The van der Waals surface area contributed by atoms with E-state index in [4.69, 9.17) is 4.74 Å². The molecule has 0 spiro atoms. The molecular formula is C15H31N3O. The fourth-order valence-corrected chi connectivity index (χ4v) is 3.86. The predicted molar refractivity (Wildman–Crippen MR) is 79.6 cm³/mol. The van der Waals surface area contributed by atoms with Crippen LogP contribution in [0.5, 0.6) is 0 Å². The zero-order valence-electron chi connectivity index (χ0n) is 13.0. The van der Waals surface area contributed by atoms with Gasteiger partial charge in [0.25, 0.3) is 0 Å². The van der Waals surface area contributed by atoms with E-state index in [2.05, 4.69) is 36.1 Å². The van der Waals surface area contributed by atoms with E-state index in [1.54, 1.807) is 0 Å². The number of likely N-dealkylation sites (tertiary alicyclic amines) is 1. The molecule has 2 aliphatic heterocycles. The fraction of sp³-hybridized carbons (Fsp3) is 1.00. The van der Waals surface area contributed by atoms with Crippen molar-refractivity contribution >= 4 is 0 Å². The van der Waals surface area contributed by atoms with E-state index < -0.39 is 0 Å². The van der Waals surface area contributed by atoms with Gasteiger partial charge in [-0.3, -0.25) is 4.90 Å². The Labute approximate surface area is 118 Å². The molecule has 0 aromatic carbocycles. The van der Waals surface area contributed by atoms with Crippen LogP contribution in [-0.2, 0) is 4.74 Å². The van der Waals surface area contributed by atoms with Crippen molar-refractivity contribution < 1.29 is 4.74 Å². The Morgan fingerprint density at radius 1 is 1.47 bits per heavy atom. The van der Waals surface area contributed by atoms with Gasteiger partial charge in [0.05, 0.1) is 6.61 Å². The molecular weight excluding hydrogens is 238 g/mol. The van der Waals surface area contributed by atoms with E-state index >= 15 is 0 Å². The monoisotopic (exact) mass is 269 g/mol. The van der Waals surface area contributed by atoms with Gasteiger partial charge in [-0.15, -0.1) is 0 Å². The molecule has 0 radical (unpaired) electrons. The Bertz CT molecular complexity index is 266. The normalized spacial score (nSPS) is 32.5. The summed E-state index contributed by atoms with van der Waals surface area (Å²) in [7, 11) is 4.33. The number of nitrogens with zero attached hydrogens (tertiary/aromatic N) is 2. The molecule has 0 saturated carbocycles. The van der Waals surface area contributed by atoms with Crippen LogP contribution in [0.25, 0.3) is 0 Å². The van der Waals surface area contributed by atoms with Crippen LogP contribution in [0.4, 0.5) is 0 Å². The summed E-state index contributed by atoms with van der Waals surface area (Å²) in [6.07, 6.45) is 3.94. The van der Waals surface area contributed by atoms with Gasteiger partial charge in [0.15, 0.2) is 0 Å². The average Bonchev–Trinajstić information content (AvgIpc) is 2.99. The van der Waals surface area contributed by atoms with E-state index in [1.165, 1.54) is 38.9 Å². The first-order chi connectivity index (χ1) is 9.19. The minimum Gasteiger partial charge on any atom is -0.381 e. The highest BCUT2D eigenvalue weighted by molar-refractivity contribution is 4.89. The molecule has 19 heavy (non-hydrogen) atoms. The third-order valence-electron chi connectivity index (χ3n) is 4.77. The summed E-state index contributed by atoms with van der Waals surface area (Å²) in [6, 6.07) is 0.768. The van der Waals surface area contributed by atoms with E-state index in [1.807, 2.05) is 0 Å². The van der Waals surface area contributed by atoms with E-state index in [9.17, 15) is 0 Å². The molecule has 0 aromatic rings. The van der Waals surface area contributed by atoms with Crippen LogP contribution < -0.4 is 5.32 Å². The Kier molecular flexibility index (Phi) is 5.63. The van der Waals surface area contributed by atoms with Crippen LogP contribution in [0.1, 0.15) is 26.2 Å². The molecule has 0 aromatic heterocycles. The summed E-state index contributed by atoms with van der Waals surface area (Å²) < 4.78 is 5.65. The first-order valence-corrected chi connectivity index (χ1v) is 7.84. The average molecular weight is 269 g/mol. The second-order valence-corrected chi connectivity index (χ2v) is 6.45. The molecule has 0 amide bonds. The molecule has 4 nitrogen and oxygen atoms in total. The lowest BCUT2D eigenvalue weighted by molar-refractivity contribution is 0.107. The highest BCUT2D eigenvalue weighted by atomic mass is 16.5. The van der Waals surface area contributed by atoms with Crippen LogP contribution in [-0.4, -0.2) is 75.9 Å². The quantitative estimate of drug-likeness (QED) is 0.747. The summed E-state index contributed by atoms with van der Waals surface area (Å²) in [4.78, 5) is 5.16. The van der Waals surface area contributed by atoms with Gasteiger partial charge in [-0.25, -0.2) is 0 Å². The third-order valence-corrected chi connectivity index (χ3v) is 4.77. The standard InChI is InChI=1S/C15H31N3O/c1-4-18-8-5-6-14(18)10-17(3)12-15(11-16-2)7-9-19-13-15/h14,16H,4-13H2,1-3H3. The second kappa shape index (κ2) is 7.02. The molecule has 1 N–H and O–H groups in total. The zero-order chi connectivity index (χ0) is 13.7. The van der Waals surface area contributed by atoms with Gasteiger partial charge in [-0.05, 0) is 46.4 Å². The topological polar surface area (TPSA) is 27.7 Å². The molecule has 2 fully saturated rings. The number of hydrogen-bond donors (Lipinski definition) is 1. The summed E-state index contributed by atoms with van der Waals surface area (Å²) in [5, 5.41) is 3.35. The van der Waals surface area contributed by atoms with Crippen LogP contribution in [0.2, 0.25) is 0 Å². The number of ether oxygens (including phenoxy) is 1. The Morgan fingerprint density at radius 2 is 2.32 bits per heavy atom. The highest BCUT2D eigenvalue weighted by Crippen LogP contribution is 2.29. The Morgan fingerprint density at radius 3 is 2.95 bits per heavy atom. The van der Waals surface area contributed by atoms with Crippen molar-refractivity contribution in [2.24, 2.45) is 5.41 Å². The van der Waals surface area contributed by atoms with Crippen molar-refractivity contribution in [1.82, 2.24) is 15.1 Å². The van der Waals surface area contributed by atoms with Crippen LogP contribution in [0.3, 0.4) is 0 Å². The molecule has 2 heterocycles. The molecule has 112 valence electrons. The van der Waals surface area contributed by atoms with Gasteiger partial charge in [-0.2, -0.15) is 0 Å². The molecule has 2 unspecified atom stereocenters. The zero-order valence-corrected chi connectivity index (χ0v) is 13.0. The van der Waals surface area contributed by atoms with Crippen LogP contribution >= 0.6 is 0 Å². The van der Waals surface area contributed by atoms with E-state index in [-0.39, 0.29) is 0 Å². The van der Waals surface area contributed by atoms with Crippen molar-refractivity contribution in [1.29, 1.82) is 0 Å². The Hall–Kier alpha value is -0.160. The van der Waals surface area contributed by atoms with Gasteiger partial charge in [-0.1, -0.05) is 6.92 Å². The number of hydrogen-bond acceptors (Lipinski definition) is 4. The number of likely N-dealkylation sites (N-methyl/N-ethyl adjacent to an activating group) is 2. The summed E-state index contributed by atoms with van der Waals surface area (Å²) >= 11 is 0. The van der Waals surface area contributed by atoms with Crippen molar-refractivity contribution in [2.75, 3.05) is 60.0 Å². The molecule has 2 rings (SSSR count). The summed E-state index contributed by atoms with van der Waals surface area (Å²) in [5.41, 5.74) is 0.332. The molecule has 2 saturated heterocycles. The lowest BCUT2D eigenvalue weighted by Crippen LogP contribution is -2.46. The van der Waals surface area contributed by atoms with Crippen molar-refractivity contribution in [3.8, 4) is 0 Å². The maximum absolute atomic E-state index is 5.65. The minimum atomic E-state index is 0.332. The third kappa shape index (κ3) is 3.91. The molecule has 2 aliphatic rings. The maximum atomic E-state index is 5.65. The van der Waals surface area contributed by atoms with E-state index in [0.717, 1.165) is 32.3 Å². The Balaban J connectivity index is 1.83. The van der Waals surface area contributed by atoms with Crippen molar-refractivity contribution in [3.05, 3.63) is 0 Å². The number of rotatable bonds is 7. The smallest absolute Gasteiger partial charge is 0.0547 e. The van der Waals surface area contributed by atoms with Crippen molar-refractivity contribution in [3.63, 3.8) is 0 Å². The SMILES string of the molecule is CCN1CCCC1CN(C)CC1(CNC)CCOC1. The largest absolute Gasteiger partial charge is 0.381 e. The van der Waals surface area contributed by atoms with Crippen molar-refractivity contribution in [2.45, 2.75) is 32.2 Å².